The Hall–Kier alpha value is -3.34. The van der Waals surface area contributed by atoms with Gasteiger partial charge in [0.25, 0.3) is 0 Å². The lowest BCUT2D eigenvalue weighted by Crippen LogP contribution is -2.36. The van der Waals surface area contributed by atoms with E-state index in [2.05, 4.69) is 25.9 Å². The molecule has 35 heavy (non-hydrogen) atoms. The second-order valence-corrected chi connectivity index (χ2v) is 9.19. The maximum Gasteiger partial charge on any atom is 0.224 e. The normalized spacial score (nSPS) is 21.1. The minimum atomic E-state index is -0.703. The smallest absolute Gasteiger partial charge is 0.224 e. The summed E-state index contributed by atoms with van der Waals surface area (Å²) < 4.78 is 35.3. The first kappa shape index (κ1) is 23.4. The second kappa shape index (κ2) is 10.1. The minimum Gasteiger partial charge on any atom is -0.381 e. The van der Waals surface area contributed by atoms with Crippen LogP contribution in [0.3, 0.4) is 0 Å². The lowest BCUT2D eigenvalue weighted by Gasteiger charge is -2.30. The fraction of sp³-hybridized carbons (Fsp3) is 0.500. The molecule has 5 rings (SSSR count). The highest BCUT2D eigenvalue weighted by Gasteiger charge is 2.28. The van der Waals surface area contributed by atoms with Crippen molar-refractivity contribution in [2.75, 3.05) is 23.8 Å². The lowest BCUT2D eigenvalue weighted by molar-refractivity contribution is -0.119. The van der Waals surface area contributed by atoms with Crippen LogP contribution in [0.5, 0.6) is 0 Å². The van der Waals surface area contributed by atoms with E-state index in [0.717, 1.165) is 44.6 Å². The van der Waals surface area contributed by atoms with Crippen LogP contribution in [0, 0.1) is 11.6 Å². The average molecular weight is 486 g/mol. The van der Waals surface area contributed by atoms with Crippen molar-refractivity contribution in [2.45, 2.75) is 63.6 Å². The van der Waals surface area contributed by atoms with Crippen LogP contribution in [-0.2, 0) is 9.53 Å². The molecule has 0 atom stereocenters. The number of imidazole rings is 1. The van der Waals surface area contributed by atoms with E-state index in [1.54, 1.807) is 6.20 Å². The number of halogens is 2. The quantitative estimate of drug-likeness (QED) is 0.484. The van der Waals surface area contributed by atoms with Crippen molar-refractivity contribution in [3.8, 4) is 0 Å². The Morgan fingerprint density at radius 2 is 1.83 bits per heavy atom. The summed E-state index contributed by atoms with van der Waals surface area (Å²) in [6.45, 7) is 2.93. The molecule has 1 saturated heterocycles. The second-order valence-electron chi connectivity index (χ2n) is 9.19. The van der Waals surface area contributed by atoms with Gasteiger partial charge in [0, 0.05) is 44.3 Å². The van der Waals surface area contributed by atoms with Gasteiger partial charge in [0.2, 0.25) is 17.8 Å². The maximum atomic E-state index is 14.4. The Morgan fingerprint density at radius 1 is 1.06 bits per heavy atom. The summed E-state index contributed by atoms with van der Waals surface area (Å²) in [5.74, 6) is -0.450. The highest BCUT2D eigenvalue weighted by molar-refractivity contribution is 5.77. The zero-order valence-electron chi connectivity index (χ0n) is 19.6. The van der Waals surface area contributed by atoms with Crippen molar-refractivity contribution in [2.24, 2.45) is 0 Å². The molecule has 3 aromatic rings. The molecule has 2 aliphatic rings. The summed E-state index contributed by atoms with van der Waals surface area (Å²) in [7, 11) is 0. The number of benzene rings is 1. The van der Waals surface area contributed by atoms with E-state index >= 15 is 0 Å². The topological polar surface area (TPSA) is 106 Å². The van der Waals surface area contributed by atoms with Crippen LogP contribution in [0.15, 0.2) is 24.4 Å². The van der Waals surface area contributed by atoms with Gasteiger partial charge in [-0.15, -0.1) is 0 Å². The number of amides is 1. The van der Waals surface area contributed by atoms with E-state index < -0.39 is 11.6 Å². The van der Waals surface area contributed by atoms with Gasteiger partial charge in [-0.25, -0.2) is 18.7 Å². The van der Waals surface area contributed by atoms with Crippen LogP contribution < -0.4 is 16.0 Å². The van der Waals surface area contributed by atoms with Crippen molar-refractivity contribution in [1.82, 2.24) is 24.8 Å². The molecule has 3 N–H and O–H groups in total. The SMILES string of the molecule is CC(=O)NC1CCC(n2c(Nc3ccc(F)cc3F)nc3cnc(NC4CCOCC4)nc32)CC1. The van der Waals surface area contributed by atoms with E-state index in [1.807, 2.05) is 4.57 Å². The van der Waals surface area contributed by atoms with Crippen LogP contribution in [0.2, 0.25) is 0 Å². The monoisotopic (exact) mass is 485 g/mol. The van der Waals surface area contributed by atoms with Crippen molar-refractivity contribution in [3.05, 3.63) is 36.0 Å². The van der Waals surface area contributed by atoms with Gasteiger partial charge in [-0.3, -0.25) is 9.36 Å². The van der Waals surface area contributed by atoms with Gasteiger partial charge in [-0.2, -0.15) is 4.98 Å². The number of carbonyl (C=O) groups is 1. The average Bonchev–Trinajstić information content (AvgIpc) is 3.19. The molecule has 9 nitrogen and oxygen atoms in total. The van der Waals surface area contributed by atoms with E-state index in [-0.39, 0.29) is 29.7 Å². The molecule has 3 heterocycles. The van der Waals surface area contributed by atoms with Gasteiger partial charge in [0.05, 0.1) is 11.9 Å². The summed E-state index contributed by atoms with van der Waals surface area (Å²) in [6, 6.07) is 3.80. The minimum absolute atomic E-state index is 0.0350. The molecule has 1 aromatic carbocycles. The van der Waals surface area contributed by atoms with Crippen molar-refractivity contribution >= 4 is 34.7 Å². The molecule has 0 bridgehead atoms. The number of carbonyl (C=O) groups excluding carboxylic acids is 1. The number of anilines is 3. The molecule has 11 heteroatoms. The summed E-state index contributed by atoms with van der Waals surface area (Å²) in [4.78, 5) is 25.4. The molecular weight excluding hydrogens is 456 g/mol. The molecule has 1 aliphatic carbocycles. The molecule has 1 amide bonds. The van der Waals surface area contributed by atoms with Gasteiger partial charge in [-0.1, -0.05) is 0 Å². The highest BCUT2D eigenvalue weighted by Crippen LogP contribution is 2.35. The molecule has 0 radical (unpaired) electrons. The molecular formula is C24H29F2N7O2. The number of ether oxygens (including phenoxy) is 1. The molecule has 2 fully saturated rings. The Morgan fingerprint density at radius 3 is 2.54 bits per heavy atom. The van der Waals surface area contributed by atoms with E-state index in [4.69, 9.17) is 9.72 Å². The molecule has 2 aromatic heterocycles. The maximum absolute atomic E-state index is 14.4. The molecule has 1 aliphatic heterocycles. The van der Waals surface area contributed by atoms with Gasteiger partial charge in [0.1, 0.15) is 17.2 Å². The predicted molar refractivity (Wildman–Crippen MR) is 128 cm³/mol. The van der Waals surface area contributed by atoms with E-state index in [0.29, 0.717) is 36.3 Å². The van der Waals surface area contributed by atoms with E-state index in [9.17, 15) is 13.6 Å². The first-order chi connectivity index (χ1) is 17.0. The Kier molecular flexibility index (Phi) is 6.76. The summed E-state index contributed by atoms with van der Waals surface area (Å²) in [5, 5.41) is 9.42. The Labute approximate surface area is 201 Å². The fourth-order valence-electron chi connectivity index (χ4n) is 4.90. The van der Waals surface area contributed by atoms with Gasteiger partial charge in [0.15, 0.2) is 5.65 Å². The fourth-order valence-corrected chi connectivity index (χ4v) is 4.90. The summed E-state index contributed by atoms with van der Waals surface area (Å²) in [6.07, 6.45) is 6.64. The van der Waals surface area contributed by atoms with Crippen molar-refractivity contribution in [1.29, 1.82) is 0 Å². The van der Waals surface area contributed by atoms with Gasteiger partial charge in [-0.05, 0) is 50.7 Å². The third kappa shape index (κ3) is 5.34. The summed E-state index contributed by atoms with van der Waals surface area (Å²) >= 11 is 0. The van der Waals surface area contributed by atoms with Gasteiger partial charge < -0.3 is 20.7 Å². The molecule has 1 saturated carbocycles. The zero-order chi connectivity index (χ0) is 24.4. The highest BCUT2D eigenvalue weighted by atomic mass is 19.1. The Balaban J connectivity index is 1.47. The first-order valence-electron chi connectivity index (χ1n) is 12.0. The van der Waals surface area contributed by atoms with Crippen molar-refractivity contribution in [3.63, 3.8) is 0 Å². The van der Waals surface area contributed by atoms with Crippen LogP contribution in [0.1, 0.15) is 51.5 Å². The number of aromatic nitrogens is 4. The summed E-state index contributed by atoms with van der Waals surface area (Å²) in [5.41, 5.74) is 1.35. The molecule has 186 valence electrons. The van der Waals surface area contributed by atoms with Crippen LogP contribution >= 0.6 is 0 Å². The number of nitrogens with zero attached hydrogens (tertiary/aromatic N) is 4. The lowest BCUT2D eigenvalue weighted by atomic mass is 9.91. The number of nitrogens with one attached hydrogen (secondary N) is 3. The number of rotatable bonds is 6. The number of hydrogen-bond acceptors (Lipinski definition) is 7. The standard InChI is InChI=1S/C24H29F2N7O2/c1-14(34)28-16-3-5-18(6-4-16)33-22-21(13-27-23(32-22)29-17-8-10-35-11-9-17)31-24(33)30-20-7-2-15(25)12-19(20)26/h2,7,12-13,16-18H,3-6,8-11H2,1H3,(H,28,34)(H,30,31)(H,27,29,32). The third-order valence-corrected chi connectivity index (χ3v) is 6.63. The van der Waals surface area contributed by atoms with Crippen LogP contribution in [0.25, 0.3) is 11.2 Å². The molecule has 0 spiro atoms. The first-order valence-corrected chi connectivity index (χ1v) is 12.0. The largest absolute Gasteiger partial charge is 0.381 e. The number of hydrogen-bond donors (Lipinski definition) is 3. The van der Waals surface area contributed by atoms with Crippen molar-refractivity contribution < 1.29 is 18.3 Å². The van der Waals surface area contributed by atoms with Crippen LogP contribution in [-0.4, -0.2) is 50.7 Å². The molecule has 0 unspecified atom stereocenters. The van der Waals surface area contributed by atoms with E-state index in [1.165, 1.54) is 19.1 Å². The predicted octanol–water partition coefficient (Wildman–Crippen LogP) is 4.06. The van der Waals surface area contributed by atoms with Crippen LogP contribution in [0.4, 0.5) is 26.4 Å². The zero-order valence-corrected chi connectivity index (χ0v) is 19.6. The third-order valence-electron chi connectivity index (χ3n) is 6.63. The Bertz CT molecular complexity index is 1200. The van der Waals surface area contributed by atoms with Gasteiger partial charge >= 0.3 is 0 Å². The number of fused-ring (bicyclic) bond motifs is 1.